The summed E-state index contributed by atoms with van der Waals surface area (Å²) in [5.74, 6) is 1.28. The Morgan fingerprint density at radius 1 is 1.26 bits per heavy atom. The van der Waals surface area contributed by atoms with Gasteiger partial charge in [0.05, 0.1) is 7.11 Å². The summed E-state index contributed by atoms with van der Waals surface area (Å²) >= 11 is 6.04. The second-order valence-electron chi connectivity index (χ2n) is 5.50. The minimum atomic E-state index is 0.0311. The molecule has 1 fully saturated rings. The van der Waals surface area contributed by atoms with E-state index >= 15 is 0 Å². The number of hydrogen-bond donors (Lipinski definition) is 0. The minimum Gasteiger partial charge on any atom is -0.497 e. The SMILES string of the molecule is COc1cc(Cl)cc(-c2nnc(CC(=O)N3CCCCC3)o2)c1. The van der Waals surface area contributed by atoms with Crippen LogP contribution in [-0.4, -0.2) is 41.2 Å². The summed E-state index contributed by atoms with van der Waals surface area (Å²) in [6.45, 7) is 1.62. The topological polar surface area (TPSA) is 68.5 Å². The van der Waals surface area contributed by atoms with Gasteiger partial charge in [-0.25, -0.2) is 0 Å². The lowest BCUT2D eigenvalue weighted by Crippen LogP contribution is -2.36. The van der Waals surface area contributed by atoms with E-state index in [0.717, 1.165) is 25.9 Å². The predicted molar refractivity (Wildman–Crippen MR) is 85.4 cm³/mol. The fourth-order valence-electron chi connectivity index (χ4n) is 2.63. The Bertz CT molecular complexity index is 696. The summed E-state index contributed by atoms with van der Waals surface area (Å²) in [7, 11) is 1.56. The fraction of sp³-hybridized carbons (Fsp3) is 0.438. The Balaban J connectivity index is 1.72. The molecule has 0 saturated carbocycles. The number of benzene rings is 1. The fourth-order valence-corrected chi connectivity index (χ4v) is 2.86. The van der Waals surface area contributed by atoms with Gasteiger partial charge in [-0.3, -0.25) is 4.79 Å². The van der Waals surface area contributed by atoms with E-state index in [9.17, 15) is 4.79 Å². The lowest BCUT2D eigenvalue weighted by Gasteiger charge is -2.26. The van der Waals surface area contributed by atoms with Gasteiger partial charge in [0.2, 0.25) is 17.7 Å². The maximum absolute atomic E-state index is 12.2. The van der Waals surface area contributed by atoms with Crippen LogP contribution in [0.1, 0.15) is 25.2 Å². The Hall–Kier alpha value is -2.08. The van der Waals surface area contributed by atoms with Crippen molar-refractivity contribution >= 4 is 17.5 Å². The van der Waals surface area contributed by atoms with Gasteiger partial charge in [0.15, 0.2) is 0 Å². The molecule has 122 valence electrons. The third-order valence-corrected chi connectivity index (χ3v) is 4.05. The van der Waals surface area contributed by atoms with Crippen LogP contribution in [0.4, 0.5) is 0 Å². The van der Waals surface area contributed by atoms with Gasteiger partial charge in [0, 0.05) is 23.7 Å². The van der Waals surface area contributed by atoms with E-state index in [1.54, 1.807) is 25.3 Å². The van der Waals surface area contributed by atoms with Crippen molar-refractivity contribution in [2.75, 3.05) is 20.2 Å². The van der Waals surface area contributed by atoms with Crippen molar-refractivity contribution < 1.29 is 13.9 Å². The molecule has 1 aliphatic heterocycles. The highest BCUT2D eigenvalue weighted by Gasteiger charge is 2.20. The van der Waals surface area contributed by atoms with E-state index in [1.165, 1.54) is 6.42 Å². The summed E-state index contributed by atoms with van der Waals surface area (Å²) in [6, 6.07) is 5.17. The quantitative estimate of drug-likeness (QED) is 0.859. The number of hydrogen-bond acceptors (Lipinski definition) is 5. The zero-order chi connectivity index (χ0) is 16.2. The number of likely N-dealkylation sites (tertiary alicyclic amines) is 1. The maximum atomic E-state index is 12.2. The number of rotatable bonds is 4. The second kappa shape index (κ2) is 7.00. The zero-order valence-electron chi connectivity index (χ0n) is 12.9. The van der Waals surface area contributed by atoms with Crippen molar-refractivity contribution in [3.05, 3.63) is 29.1 Å². The Labute approximate surface area is 139 Å². The predicted octanol–water partition coefficient (Wildman–Crippen LogP) is 2.95. The first-order valence-corrected chi connectivity index (χ1v) is 7.98. The summed E-state index contributed by atoms with van der Waals surface area (Å²) < 4.78 is 10.8. The molecular formula is C16H18ClN3O3. The van der Waals surface area contributed by atoms with Crippen LogP contribution < -0.4 is 4.74 Å². The van der Waals surface area contributed by atoms with Crippen molar-refractivity contribution in [1.82, 2.24) is 15.1 Å². The largest absolute Gasteiger partial charge is 0.497 e. The first-order chi connectivity index (χ1) is 11.2. The second-order valence-corrected chi connectivity index (χ2v) is 5.94. The molecule has 1 aliphatic rings. The highest BCUT2D eigenvalue weighted by molar-refractivity contribution is 6.31. The number of amides is 1. The molecule has 0 aliphatic carbocycles. The number of piperidine rings is 1. The summed E-state index contributed by atoms with van der Waals surface area (Å²) in [5.41, 5.74) is 0.665. The lowest BCUT2D eigenvalue weighted by molar-refractivity contribution is -0.131. The van der Waals surface area contributed by atoms with Gasteiger partial charge in [0.1, 0.15) is 12.2 Å². The van der Waals surface area contributed by atoms with Crippen LogP contribution in [0.5, 0.6) is 5.75 Å². The third-order valence-electron chi connectivity index (χ3n) is 3.83. The molecule has 7 heteroatoms. The number of carbonyl (C=O) groups is 1. The molecule has 2 heterocycles. The molecule has 6 nitrogen and oxygen atoms in total. The molecule has 0 bridgehead atoms. The number of aromatic nitrogens is 2. The maximum Gasteiger partial charge on any atom is 0.247 e. The van der Waals surface area contributed by atoms with E-state index in [4.69, 9.17) is 20.8 Å². The van der Waals surface area contributed by atoms with Crippen LogP contribution in [0, 0.1) is 0 Å². The molecule has 1 aromatic heterocycles. The van der Waals surface area contributed by atoms with Crippen LogP contribution in [0.15, 0.2) is 22.6 Å². The monoisotopic (exact) mass is 335 g/mol. The van der Waals surface area contributed by atoms with Crippen molar-refractivity contribution in [3.63, 3.8) is 0 Å². The van der Waals surface area contributed by atoms with Gasteiger partial charge in [-0.05, 0) is 37.5 Å². The van der Waals surface area contributed by atoms with Crippen LogP contribution >= 0.6 is 11.6 Å². The molecule has 0 N–H and O–H groups in total. The Kier molecular flexibility index (Phi) is 4.81. The molecular weight excluding hydrogens is 318 g/mol. The summed E-state index contributed by atoms with van der Waals surface area (Å²) in [4.78, 5) is 14.1. The molecule has 0 spiro atoms. The first-order valence-electron chi connectivity index (χ1n) is 7.61. The Morgan fingerprint density at radius 3 is 2.78 bits per heavy atom. The lowest BCUT2D eigenvalue weighted by atomic mass is 10.1. The molecule has 23 heavy (non-hydrogen) atoms. The number of methoxy groups -OCH3 is 1. The third kappa shape index (κ3) is 3.82. The van der Waals surface area contributed by atoms with Crippen LogP contribution in [0.2, 0.25) is 5.02 Å². The summed E-state index contributed by atoms with van der Waals surface area (Å²) in [6.07, 6.45) is 3.43. The molecule has 1 amide bonds. The highest BCUT2D eigenvalue weighted by Crippen LogP contribution is 2.27. The zero-order valence-corrected chi connectivity index (χ0v) is 13.7. The normalized spacial score (nSPS) is 14.8. The standard InChI is InChI=1S/C16H18ClN3O3/c1-22-13-8-11(7-12(17)9-13)16-19-18-14(23-16)10-15(21)20-5-3-2-4-6-20/h7-9H,2-6,10H2,1H3. The van der Waals surface area contributed by atoms with Gasteiger partial charge >= 0.3 is 0 Å². The highest BCUT2D eigenvalue weighted by atomic mass is 35.5. The smallest absolute Gasteiger partial charge is 0.247 e. The van der Waals surface area contributed by atoms with Crippen molar-refractivity contribution in [3.8, 4) is 17.2 Å². The molecule has 0 unspecified atom stereocenters. The Morgan fingerprint density at radius 2 is 2.04 bits per heavy atom. The van der Waals surface area contributed by atoms with Crippen molar-refractivity contribution in [2.45, 2.75) is 25.7 Å². The van der Waals surface area contributed by atoms with E-state index < -0.39 is 0 Å². The van der Waals surface area contributed by atoms with Gasteiger partial charge in [-0.2, -0.15) is 0 Å². The molecule has 0 radical (unpaired) electrons. The van der Waals surface area contributed by atoms with E-state index in [2.05, 4.69) is 10.2 Å². The number of ether oxygens (including phenoxy) is 1. The number of carbonyl (C=O) groups excluding carboxylic acids is 1. The van der Waals surface area contributed by atoms with Gasteiger partial charge in [0.25, 0.3) is 0 Å². The van der Waals surface area contributed by atoms with Crippen LogP contribution in [0.25, 0.3) is 11.5 Å². The molecule has 2 aromatic rings. The average Bonchev–Trinajstić information content (AvgIpc) is 3.03. The summed E-state index contributed by atoms with van der Waals surface area (Å²) in [5, 5.41) is 8.48. The van der Waals surface area contributed by atoms with Crippen LogP contribution in [0.3, 0.4) is 0 Å². The average molecular weight is 336 g/mol. The van der Waals surface area contributed by atoms with E-state index in [0.29, 0.717) is 28.1 Å². The van der Waals surface area contributed by atoms with Crippen LogP contribution in [-0.2, 0) is 11.2 Å². The first kappa shape index (κ1) is 15.8. The van der Waals surface area contributed by atoms with Gasteiger partial charge in [-0.1, -0.05) is 11.6 Å². The van der Waals surface area contributed by atoms with E-state index in [1.807, 2.05) is 4.90 Å². The van der Waals surface area contributed by atoms with Crippen molar-refractivity contribution in [2.24, 2.45) is 0 Å². The minimum absolute atomic E-state index is 0.0311. The van der Waals surface area contributed by atoms with Crippen molar-refractivity contribution in [1.29, 1.82) is 0 Å². The number of nitrogens with zero attached hydrogens (tertiary/aromatic N) is 3. The molecule has 3 rings (SSSR count). The van der Waals surface area contributed by atoms with Gasteiger partial charge < -0.3 is 14.1 Å². The molecule has 1 saturated heterocycles. The number of halogens is 1. The van der Waals surface area contributed by atoms with E-state index in [-0.39, 0.29) is 12.3 Å². The molecule has 0 atom stereocenters. The van der Waals surface area contributed by atoms with Gasteiger partial charge in [-0.15, -0.1) is 10.2 Å². The molecule has 1 aromatic carbocycles.